The fourth-order valence-electron chi connectivity index (χ4n) is 1.66. The van der Waals surface area contributed by atoms with E-state index in [0.29, 0.717) is 5.82 Å². The Morgan fingerprint density at radius 2 is 1.80 bits per heavy atom. The first kappa shape index (κ1) is 12.4. The zero-order chi connectivity index (χ0) is 14.2. The summed E-state index contributed by atoms with van der Waals surface area (Å²) in [5.74, 6) is -0.773. The van der Waals surface area contributed by atoms with E-state index in [1.165, 1.54) is 6.20 Å². The van der Waals surface area contributed by atoms with Gasteiger partial charge in [0.1, 0.15) is 0 Å². The molecular formula is C12H8F3N5. The summed E-state index contributed by atoms with van der Waals surface area (Å²) in [6.45, 7) is 0. The lowest BCUT2D eigenvalue weighted by Crippen LogP contribution is -2.06. The van der Waals surface area contributed by atoms with Gasteiger partial charge in [-0.3, -0.25) is 0 Å². The lowest BCUT2D eigenvalue weighted by Gasteiger charge is -2.03. The summed E-state index contributed by atoms with van der Waals surface area (Å²) >= 11 is 0. The molecule has 0 aliphatic heterocycles. The van der Waals surface area contributed by atoms with Crippen LogP contribution in [0.2, 0.25) is 0 Å². The Bertz CT molecular complexity index is 736. The van der Waals surface area contributed by atoms with Crippen LogP contribution in [0.4, 0.5) is 24.7 Å². The van der Waals surface area contributed by atoms with Crippen LogP contribution in [-0.4, -0.2) is 19.9 Å². The predicted molar refractivity (Wildman–Crippen MR) is 66.4 cm³/mol. The van der Waals surface area contributed by atoms with Crippen LogP contribution in [0.5, 0.6) is 0 Å². The minimum Gasteiger partial charge on any atom is -0.339 e. The molecule has 0 aliphatic rings. The Hall–Kier alpha value is -2.64. The van der Waals surface area contributed by atoms with Gasteiger partial charge >= 0.3 is 6.18 Å². The van der Waals surface area contributed by atoms with Gasteiger partial charge in [0.05, 0.1) is 6.20 Å². The van der Waals surface area contributed by atoms with Gasteiger partial charge in [0.15, 0.2) is 17.1 Å². The summed E-state index contributed by atoms with van der Waals surface area (Å²) in [5, 5.41) is 2.94. The van der Waals surface area contributed by atoms with E-state index >= 15 is 0 Å². The average molecular weight is 279 g/mol. The smallest absolute Gasteiger partial charge is 0.339 e. The number of nitrogens with one attached hydrogen (secondary N) is 2. The summed E-state index contributed by atoms with van der Waals surface area (Å²) in [7, 11) is 0. The van der Waals surface area contributed by atoms with Gasteiger partial charge in [-0.1, -0.05) is 18.2 Å². The van der Waals surface area contributed by atoms with E-state index in [0.717, 1.165) is 5.69 Å². The number of fused-ring (bicyclic) bond motifs is 1. The lowest BCUT2D eigenvalue weighted by molar-refractivity contribution is -0.144. The monoisotopic (exact) mass is 279 g/mol. The molecule has 3 aromatic rings. The van der Waals surface area contributed by atoms with Crippen LogP contribution in [0, 0.1) is 0 Å². The van der Waals surface area contributed by atoms with Gasteiger partial charge in [-0.2, -0.15) is 13.2 Å². The van der Waals surface area contributed by atoms with Crippen molar-refractivity contribution in [1.82, 2.24) is 19.9 Å². The van der Waals surface area contributed by atoms with Gasteiger partial charge in [-0.25, -0.2) is 15.0 Å². The van der Waals surface area contributed by atoms with E-state index < -0.39 is 12.0 Å². The average Bonchev–Trinajstić information content (AvgIpc) is 2.83. The van der Waals surface area contributed by atoms with Crippen LogP contribution < -0.4 is 5.32 Å². The van der Waals surface area contributed by atoms with E-state index in [1.807, 2.05) is 18.2 Å². The second-order valence-corrected chi connectivity index (χ2v) is 4.00. The Balaban J connectivity index is 1.95. The third-order valence-corrected chi connectivity index (χ3v) is 2.52. The zero-order valence-electron chi connectivity index (χ0n) is 9.94. The maximum Gasteiger partial charge on any atom is 0.449 e. The van der Waals surface area contributed by atoms with Crippen molar-refractivity contribution in [1.29, 1.82) is 0 Å². The van der Waals surface area contributed by atoms with Crippen LogP contribution in [-0.2, 0) is 6.18 Å². The van der Waals surface area contributed by atoms with Crippen LogP contribution in [0.3, 0.4) is 0 Å². The topological polar surface area (TPSA) is 66.5 Å². The van der Waals surface area contributed by atoms with Crippen molar-refractivity contribution in [3.05, 3.63) is 42.4 Å². The summed E-state index contributed by atoms with van der Waals surface area (Å²) in [5.41, 5.74) is 0.672. The van der Waals surface area contributed by atoms with Crippen molar-refractivity contribution < 1.29 is 13.2 Å². The number of halogens is 3. The van der Waals surface area contributed by atoms with E-state index in [2.05, 4.69) is 25.3 Å². The molecule has 0 bridgehead atoms. The van der Waals surface area contributed by atoms with Crippen LogP contribution in [0.25, 0.3) is 11.3 Å². The van der Waals surface area contributed by atoms with E-state index in [-0.39, 0.29) is 11.3 Å². The highest BCUT2D eigenvalue weighted by Crippen LogP contribution is 2.27. The maximum absolute atomic E-state index is 12.5. The molecule has 0 fully saturated rings. The first-order valence-electron chi connectivity index (χ1n) is 5.64. The number of imidazole rings is 1. The van der Waals surface area contributed by atoms with Gasteiger partial charge in [0, 0.05) is 5.69 Å². The normalized spacial score (nSPS) is 11.8. The van der Waals surface area contributed by atoms with Gasteiger partial charge in [-0.05, 0) is 12.1 Å². The first-order chi connectivity index (χ1) is 9.52. The highest BCUT2D eigenvalue weighted by atomic mass is 19.4. The second kappa shape index (κ2) is 4.48. The fraction of sp³-hybridized carbons (Fsp3) is 0.0833. The number of anilines is 2. The number of aromatic nitrogens is 4. The van der Waals surface area contributed by atoms with Gasteiger partial charge in [0.25, 0.3) is 0 Å². The van der Waals surface area contributed by atoms with Crippen molar-refractivity contribution in [2.45, 2.75) is 6.18 Å². The summed E-state index contributed by atoms with van der Waals surface area (Å²) in [6, 6.07) is 9.11. The number of nitrogens with zero attached hydrogens (tertiary/aromatic N) is 3. The van der Waals surface area contributed by atoms with E-state index in [9.17, 15) is 13.2 Å². The van der Waals surface area contributed by atoms with E-state index in [1.54, 1.807) is 12.1 Å². The molecule has 2 heterocycles. The first-order valence-corrected chi connectivity index (χ1v) is 5.64. The molecule has 0 spiro atoms. The van der Waals surface area contributed by atoms with Crippen molar-refractivity contribution in [3.8, 4) is 0 Å². The predicted octanol–water partition coefficient (Wildman–Crippen LogP) is 3.12. The fourth-order valence-corrected chi connectivity index (χ4v) is 1.66. The second-order valence-electron chi connectivity index (χ2n) is 4.00. The summed E-state index contributed by atoms with van der Waals surface area (Å²) in [4.78, 5) is 13.3. The minimum absolute atomic E-state index is 0.0155. The highest BCUT2D eigenvalue weighted by Gasteiger charge is 2.35. The largest absolute Gasteiger partial charge is 0.449 e. The number of aromatic amines is 1. The Labute approximate surface area is 110 Å². The molecule has 1 aromatic carbocycles. The molecule has 3 rings (SSSR count). The number of benzene rings is 1. The molecule has 2 N–H and O–H groups in total. The molecule has 0 aliphatic carbocycles. The number of rotatable bonds is 2. The van der Waals surface area contributed by atoms with Crippen LogP contribution in [0.1, 0.15) is 5.82 Å². The molecule has 8 heteroatoms. The molecule has 0 saturated heterocycles. The minimum atomic E-state index is -4.55. The Morgan fingerprint density at radius 1 is 1.05 bits per heavy atom. The van der Waals surface area contributed by atoms with Crippen molar-refractivity contribution >= 4 is 22.8 Å². The molecule has 0 amide bonds. The zero-order valence-corrected chi connectivity index (χ0v) is 9.94. The number of alkyl halides is 3. The van der Waals surface area contributed by atoms with Crippen molar-refractivity contribution in [3.63, 3.8) is 0 Å². The summed E-state index contributed by atoms with van der Waals surface area (Å²) < 4.78 is 37.5. The molecule has 0 radical (unpaired) electrons. The van der Waals surface area contributed by atoms with Crippen molar-refractivity contribution in [2.24, 2.45) is 0 Å². The maximum atomic E-state index is 12.5. The van der Waals surface area contributed by atoms with Crippen LogP contribution in [0.15, 0.2) is 36.5 Å². The molecule has 0 unspecified atom stereocenters. The number of hydrogen-bond acceptors (Lipinski definition) is 4. The number of H-pyrrole nitrogens is 1. The standard InChI is InChI=1S/C12H8F3N5/c13-12(14,15)11-19-9-10(20-11)18-8(6-16-9)17-7-4-2-1-3-5-7/h1-6H,(H2,16,17,18,19,20). The molecule has 2 aromatic heterocycles. The molecule has 0 atom stereocenters. The van der Waals surface area contributed by atoms with Gasteiger partial charge in [0.2, 0.25) is 5.82 Å². The SMILES string of the molecule is FC(F)(F)c1nc2ncc(Nc3ccccc3)nc2[nH]1. The molecule has 20 heavy (non-hydrogen) atoms. The third-order valence-electron chi connectivity index (χ3n) is 2.52. The molecule has 102 valence electrons. The number of hydrogen-bond donors (Lipinski definition) is 2. The quantitative estimate of drug-likeness (QED) is 0.756. The Kier molecular flexibility index (Phi) is 2.78. The third kappa shape index (κ3) is 2.40. The lowest BCUT2D eigenvalue weighted by atomic mass is 10.3. The number of para-hydroxylation sites is 1. The molecule has 0 saturated carbocycles. The van der Waals surface area contributed by atoms with Gasteiger partial charge < -0.3 is 10.3 Å². The van der Waals surface area contributed by atoms with Crippen LogP contribution >= 0.6 is 0 Å². The Morgan fingerprint density at radius 3 is 2.50 bits per heavy atom. The molecular weight excluding hydrogens is 271 g/mol. The molecule has 5 nitrogen and oxygen atoms in total. The van der Waals surface area contributed by atoms with Gasteiger partial charge in [-0.15, -0.1) is 0 Å². The highest BCUT2D eigenvalue weighted by molar-refractivity contribution is 5.69. The summed E-state index contributed by atoms with van der Waals surface area (Å²) in [6.07, 6.45) is -3.22. The van der Waals surface area contributed by atoms with E-state index in [4.69, 9.17) is 0 Å². The van der Waals surface area contributed by atoms with Crippen molar-refractivity contribution in [2.75, 3.05) is 5.32 Å².